The van der Waals surface area contributed by atoms with Crippen molar-refractivity contribution in [3.8, 4) is 5.75 Å². The molecule has 0 radical (unpaired) electrons. The number of nitrogens with zero attached hydrogens (tertiary/aromatic N) is 4. The number of nitrogens with one attached hydrogen (secondary N) is 1. The highest BCUT2D eigenvalue weighted by atomic mass is 127. The Kier molecular flexibility index (Phi) is 9.83. The van der Waals surface area contributed by atoms with E-state index in [0.29, 0.717) is 12.3 Å². The summed E-state index contributed by atoms with van der Waals surface area (Å²) in [6.07, 6.45) is 2.63. The van der Waals surface area contributed by atoms with Crippen LogP contribution in [-0.2, 0) is 4.79 Å². The smallest absolute Gasteiger partial charge is 0.222 e. The van der Waals surface area contributed by atoms with Gasteiger partial charge < -0.3 is 24.8 Å². The van der Waals surface area contributed by atoms with Crippen molar-refractivity contribution < 1.29 is 9.53 Å². The fraction of sp³-hybridized carbons (Fsp3) is 0.619. The van der Waals surface area contributed by atoms with Crippen molar-refractivity contribution in [2.24, 2.45) is 4.99 Å². The molecular formula is C21H34IN5O2. The van der Waals surface area contributed by atoms with Crippen molar-refractivity contribution in [3.05, 3.63) is 24.3 Å². The number of guanidine groups is 1. The van der Waals surface area contributed by atoms with Crippen molar-refractivity contribution in [3.63, 3.8) is 0 Å². The zero-order valence-corrected chi connectivity index (χ0v) is 19.9. The molecule has 0 aliphatic carbocycles. The van der Waals surface area contributed by atoms with E-state index >= 15 is 0 Å². The van der Waals surface area contributed by atoms with Crippen LogP contribution in [0.5, 0.6) is 5.75 Å². The van der Waals surface area contributed by atoms with Crippen molar-refractivity contribution in [2.75, 3.05) is 64.4 Å². The third-order valence-corrected chi connectivity index (χ3v) is 5.36. The number of likely N-dealkylation sites (tertiary alicyclic amines) is 1. The van der Waals surface area contributed by atoms with Gasteiger partial charge in [0.15, 0.2) is 5.96 Å². The molecule has 162 valence electrons. The molecule has 2 aliphatic heterocycles. The third-order valence-electron chi connectivity index (χ3n) is 5.36. The van der Waals surface area contributed by atoms with Gasteiger partial charge in [-0.05, 0) is 31.9 Å². The number of anilines is 1. The van der Waals surface area contributed by atoms with Gasteiger partial charge in [0.2, 0.25) is 5.91 Å². The minimum absolute atomic E-state index is 0. The van der Waals surface area contributed by atoms with Gasteiger partial charge in [0.25, 0.3) is 0 Å². The van der Waals surface area contributed by atoms with Gasteiger partial charge in [-0.15, -0.1) is 24.0 Å². The van der Waals surface area contributed by atoms with Crippen molar-refractivity contribution >= 4 is 41.5 Å². The summed E-state index contributed by atoms with van der Waals surface area (Å²) < 4.78 is 5.51. The normalized spacial score (nSPS) is 17.4. The quantitative estimate of drug-likeness (QED) is 0.262. The van der Waals surface area contributed by atoms with E-state index in [2.05, 4.69) is 34.2 Å². The predicted octanol–water partition coefficient (Wildman–Crippen LogP) is 2.41. The predicted molar refractivity (Wildman–Crippen MR) is 129 cm³/mol. The molecule has 29 heavy (non-hydrogen) atoms. The summed E-state index contributed by atoms with van der Waals surface area (Å²) in [5.74, 6) is 2.20. The second-order valence-corrected chi connectivity index (χ2v) is 7.22. The van der Waals surface area contributed by atoms with Crippen LogP contribution in [0.3, 0.4) is 0 Å². The van der Waals surface area contributed by atoms with E-state index in [1.807, 2.05) is 17.0 Å². The molecule has 1 aromatic rings. The Morgan fingerprint density at radius 1 is 1.17 bits per heavy atom. The lowest BCUT2D eigenvalue weighted by atomic mass is 10.2. The fourth-order valence-electron chi connectivity index (χ4n) is 3.86. The first-order chi connectivity index (χ1) is 13.7. The maximum Gasteiger partial charge on any atom is 0.222 e. The standard InChI is InChI=1S/C21H33N5O2.HI/c1-3-22-21(23-11-7-13-25-12-6-10-20(25)27)26-16-14-24(15-17-26)18-8-4-5-9-19(18)28-2;/h4-5,8-9H,3,6-7,10-17H2,1-2H3,(H,22,23);1H. The van der Waals surface area contributed by atoms with Crippen LogP contribution in [0.25, 0.3) is 0 Å². The number of ether oxygens (including phenoxy) is 1. The Balaban J connectivity index is 0.00000300. The molecule has 0 atom stereocenters. The number of aliphatic imine (C=N–C) groups is 1. The molecule has 0 aromatic heterocycles. The second kappa shape index (κ2) is 12.1. The summed E-state index contributed by atoms with van der Waals surface area (Å²) in [5, 5.41) is 3.42. The number of halogens is 1. The zero-order valence-electron chi connectivity index (χ0n) is 17.6. The molecule has 0 unspecified atom stereocenters. The van der Waals surface area contributed by atoms with E-state index in [9.17, 15) is 4.79 Å². The number of methoxy groups -OCH3 is 1. The highest BCUT2D eigenvalue weighted by Crippen LogP contribution is 2.28. The highest BCUT2D eigenvalue weighted by molar-refractivity contribution is 14.0. The Labute approximate surface area is 191 Å². The molecule has 2 fully saturated rings. The lowest BCUT2D eigenvalue weighted by Crippen LogP contribution is -2.52. The van der Waals surface area contributed by atoms with Crippen LogP contribution in [0.15, 0.2) is 29.3 Å². The zero-order chi connectivity index (χ0) is 19.8. The number of carbonyl (C=O) groups excluding carboxylic acids is 1. The van der Waals surface area contributed by atoms with Crippen LogP contribution in [0, 0.1) is 0 Å². The Bertz CT molecular complexity index is 677. The molecule has 7 nitrogen and oxygen atoms in total. The van der Waals surface area contributed by atoms with Gasteiger partial charge in [-0.2, -0.15) is 0 Å². The second-order valence-electron chi connectivity index (χ2n) is 7.22. The number of benzene rings is 1. The van der Waals surface area contributed by atoms with Crippen molar-refractivity contribution in [2.45, 2.75) is 26.2 Å². The molecule has 0 bridgehead atoms. The molecule has 1 amide bonds. The number of rotatable bonds is 7. The number of para-hydroxylation sites is 2. The van der Waals surface area contributed by atoms with Crippen LogP contribution < -0.4 is 15.0 Å². The molecule has 2 aliphatic rings. The minimum Gasteiger partial charge on any atom is -0.495 e. The molecule has 1 N–H and O–H groups in total. The van der Waals surface area contributed by atoms with Crippen LogP contribution in [0.4, 0.5) is 5.69 Å². The van der Waals surface area contributed by atoms with Gasteiger partial charge in [0.1, 0.15) is 5.75 Å². The van der Waals surface area contributed by atoms with Gasteiger partial charge in [0, 0.05) is 58.8 Å². The molecule has 0 spiro atoms. The summed E-state index contributed by atoms with van der Waals surface area (Å²) in [7, 11) is 1.72. The number of piperazine rings is 1. The minimum atomic E-state index is 0. The Morgan fingerprint density at radius 3 is 2.59 bits per heavy atom. The first-order valence-electron chi connectivity index (χ1n) is 10.4. The molecule has 3 rings (SSSR count). The van der Waals surface area contributed by atoms with Crippen molar-refractivity contribution in [1.82, 2.24) is 15.1 Å². The molecule has 2 saturated heterocycles. The number of carbonyl (C=O) groups is 1. The topological polar surface area (TPSA) is 60.4 Å². The van der Waals surface area contributed by atoms with Gasteiger partial charge in [0.05, 0.1) is 12.8 Å². The lowest BCUT2D eigenvalue weighted by molar-refractivity contribution is -0.127. The van der Waals surface area contributed by atoms with E-state index in [-0.39, 0.29) is 24.0 Å². The van der Waals surface area contributed by atoms with E-state index in [1.54, 1.807) is 7.11 Å². The molecule has 1 aromatic carbocycles. The largest absolute Gasteiger partial charge is 0.495 e. The van der Waals surface area contributed by atoms with E-state index in [0.717, 1.165) is 82.6 Å². The van der Waals surface area contributed by atoms with E-state index in [4.69, 9.17) is 9.73 Å². The Morgan fingerprint density at radius 2 is 1.93 bits per heavy atom. The number of hydrogen-bond acceptors (Lipinski definition) is 4. The summed E-state index contributed by atoms with van der Waals surface area (Å²) in [5.41, 5.74) is 1.15. The van der Waals surface area contributed by atoms with Crippen molar-refractivity contribution in [1.29, 1.82) is 0 Å². The summed E-state index contributed by atoms with van der Waals surface area (Å²) >= 11 is 0. The monoisotopic (exact) mass is 515 g/mol. The lowest BCUT2D eigenvalue weighted by Gasteiger charge is -2.38. The maximum atomic E-state index is 11.7. The average Bonchev–Trinajstić information content (AvgIpc) is 3.15. The fourth-order valence-corrected chi connectivity index (χ4v) is 3.86. The Hall–Kier alpha value is -1.71. The van der Waals surface area contributed by atoms with Gasteiger partial charge >= 0.3 is 0 Å². The van der Waals surface area contributed by atoms with Crippen LogP contribution in [0.2, 0.25) is 0 Å². The van der Waals surface area contributed by atoms with Gasteiger partial charge in [-0.25, -0.2) is 0 Å². The summed E-state index contributed by atoms with van der Waals surface area (Å²) in [6.45, 7) is 9.17. The van der Waals surface area contributed by atoms with Crippen LogP contribution in [-0.4, -0.2) is 81.1 Å². The first-order valence-corrected chi connectivity index (χ1v) is 10.4. The first kappa shape index (κ1) is 23.6. The average molecular weight is 515 g/mol. The van der Waals surface area contributed by atoms with E-state index in [1.165, 1.54) is 0 Å². The summed E-state index contributed by atoms with van der Waals surface area (Å²) in [4.78, 5) is 23.2. The summed E-state index contributed by atoms with van der Waals surface area (Å²) in [6, 6.07) is 8.19. The molecule has 8 heteroatoms. The SMILES string of the molecule is CCNC(=NCCCN1CCCC1=O)N1CCN(c2ccccc2OC)CC1.I. The maximum absolute atomic E-state index is 11.7. The van der Waals surface area contributed by atoms with Gasteiger partial charge in [-0.1, -0.05) is 12.1 Å². The van der Waals surface area contributed by atoms with Crippen LogP contribution in [0.1, 0.15) is 26.2 Å². The highest BCUT2D eigenvalue weighted by Gasteiger charge is 2.22. The number of hydrogen-bond donors (Lipinski definition) is 1. The van der Waals surface area contributed by atoms with Gasteiger partial charge in [-0.3, -0.25) is 9.79 Å². The third kappa shape index (κ3) is 6.38. The van der Waals surface area contributed by atoms with Crippen LogP contribution >= 0.6 is 24.0 Å². The number of amides is 1. The molecule has 2 heterocycles. The molecular weight excluding hydrogens is 481 g/mol. The molecule has 0 saturated carbocycles. The van der Waals surface area contributed by atoms with E-state index < -0.39 is 0 Å².